The second-order valence-corrected chi connectivity index (χ2v) is 12.0. The van der Waals surface area contributed by atoms with E-state index in [1.807, 2.05) is 0 Å². The van der Waals surface area contributed by atoms with E-state index in [0.29, 0.717) is 13.2 Å². The molecule has 0 heterocycles. The summed E-state index contributed by atoms with van der Waals surface area (Å²) in [7, 11) is 0. The molecule has 0 saturated carbocycles. The van der Waals surface area contributed by atoms with Crippen molar-refractivity contribution in [3.05, 3.63) is 12.2 Å². The van der Waals surface area contributed by atoms with Crippen LogP contribution in [0.4, 0.5) is 4.79 Å². The lowest BCUT2D eigenvalue weighted by Gasteiger charge is -2.07. The number of hydrogen-bond acceptors (Lipinski definition) is 3. The number of allylic oxidation sites excluding steroid dienone is 2. The third kappa shape index (κ3) is 33.0. The fourth-order valence-electron chi connectivity index (χ4n) is 4.95. The summed E-state index contributed by atoms with van der Waals surface area (Å²) >= 11 is 0. The van der Waals surface area contributed by atoms with Gasteiger partial charge in [0.15, 0.2) is 0 Å². The van der Waals surface area contributed by atoms with Gasteiger partial charge in [0, 0.05) is 0 Å². The van der Waals surface area contributed by atoms with Crippen molar-refractivity contribution in [3.8, 4) is 0 Å². The second kappa shape index (κ2) is 32.2. The second-order valence-electron chi connectivity index (χ2n) is 12.0. The average molecular weight is 537 g/mol. The van der Waals surface area contributed by atoms with Gasteiger partial charge in [0.1, 0.15) is 0 Å². The van der Waals surface area contributed by atoms with Gasteiger partial charge >= 0.3 is 6.16 Å². The van der Waals surface area contributed by atoms with Gasteiger partial charge in [-0.15, -0.1) is 0 Å². The highest BCUT2D eigenvalue weighted by molar-refractivity contribution is 5.59. The maximum absolute atomic E-state index is 11.7. The van der Waals surface area contributed by atoms with Gasteiger partial charge in [-0.2, -0.15) is 0 Å². The summed E-state index contributed by atoms with van der Waals surface area (Å²) in [5.74, 6) is 0.859. The summed E-state index contributed by atoms with van der Waals surface area (Å²) in [6.07, 6.45) is 38.1. The molecule has 0 aliphatic heterocycles. The Morgan fingerprint density at radius 2 is 0.842 bits per heavy atom. The summed E-state index contributed by atoms with van der Waals surface area (Å²) in [6.45, 7) is 7.91. The SMILES string of the molecule is CCCCCCCCC=CCCCCCCCCOC(=O)OCCCCCCCCCCCCCC(C)C. The molecule has 0 amide bonds. The zero-order chi connectivity index (χ0) is 27.8. The van der Waals surface area contributed by atoms with E-state index in [1.165, 1.54) is 141 Å². The third-order valence-electron chi connectivity index (χ3n) is 7.52. The molecule has 3 nitrogen and oxygen atoms in total. The van der Waals surface area contributed by atoms with Crippen molar-refractivity contribution in [1.82, 2.24) is 0 Å². The monoisotopic (exact) mass is 537 g/mol. The molecule has 0 radical (unpaired) electrons. The van der Waals surface area contributed by atoms with Crippen molar-refractivity contribution >= 4 is 6.16 Å². The number of hydrogen-bond donors (Lipinski definition) is 0. The third-order valence-corrected chi connectivity index (χ3v) is 7.52. The average Bonchev–Trinajstić information content (AvgIpc) is 2.90. The molecule has 0 unspecified atom stereocenters. The Labute approximate surface area is 239 Å². The highest BCUT2D eigenvalue weighted by atomic mass is 16.7. The predicted octanol–water partition coefficient (Wildman–Crippen LogP) is 12.5. The number of unbranched alkanes of at least 4 members (excludes halogenated alkanes) is 22. The molecular weight excluding hydrogens is 468 g/mol. The molecule has 0 atom stereocenters. The molecule has 0 aromatic heterocycles. The molecule has 0 rings (SSSR count). The Bertz CT molecular complexity index is 486. The highest BCUT2D eigenvalue weighted by Crippen LogP contribution is 2.14. The van der Waals surface area contributed by atoms with E-state index in [9.17, 15) is 4.79 Å². The van der Waals surface area contributed by atoms with Crippen LogP contribution < -0.4 is 0 Å². The molecular formula is C35H68O3. The largest absolute Gasteiger partial charge is 0.508 e. The van der Waals surface area contributed by atoms with Crippen molar-refractivity contribution in [3.63, 3.8) is 0 Å². The Kier molecular flexibility index (Phi) is 31.4. The first-order chi connectivity index (χ1) is 18.7. The molecule has 226 valence electrons. The van der Waals surface area contributed by atoms with Gasteiger partial charge in [-0.3, -0.25) is 0 Å². The van der Waals surface area contributed by atoms with Crippen molar-refractivity contribution < 1.29 is 14.3 Å². The first-order valence-corrected chi connectivity index (χ1v) is 17.1. The summed E-state index contributed by atoms with van der Waals surface area (Å²) < 4.78 is 10.4. The van der Waals surface area contributed by atoms with Crippen LogP contribution in [0.2, 0.25) is 0 Å². The molecule has 38 heavy (non-hydrogen) atoms. The molecule has 0 spiro atoms. The molecule has 0 aliphatic rings. The van der Waals surface area contributed by atoms with Gasteiger partial charge in [-0.05, 0) is 44.4 Å². The number of rotatable bonds is 30. The van der Waals surface area contributed by atoms with Crippen LogP contribution in [0, 0.1) is 5.92 Å². The van der Waals surface area contributed by atoms with Gasteiger partial charge in [-0.1, -0.05) is 161 Å². The van der Waals surface area contributed by atoms with Crippen LogP contribution in [0.3, 0.4) is 0 Å². The fraction of sp³-hybridized carbons (Fsp3) is 0.914. The Hall–Kier alpha value is -0.990. The molecule has 3 heteroatoms. The highest BCUT2D eigenvalue weighted by Gasteiger charge is 2.03. The topological polar surface area (TPSA) is 35.5 Å². The van der Waals surface area contributed by atoms with E-state index in [1.54, 1.807) is 0 Å². The quantitative estimate of drug-likeness (QED) is 0.0520. The summed E-state index contributed by atoms with van der Waals surface area (Å²) in [4.78, 5) is 11.7. The Morgan fingerprint density at radius 3 is 1.24 bits per heavy atom. The molecule has 0 saturated heterocycles. The lowest BCUT2D eigenvalue weighted by atomic mass is 10.0. The number of carbonyl (C=O) groups excluding carboxylic acids is 1. The minimum absolute atomic E-state index is 0.480. The molecule has 0 N–H and O–H groups in total. The van der Waals surface area contributed by atoms with Crippen molar-refractivity contribution in [2.75, 3.05) is 13.2 Å². The summed E-state index contributed by atoms with van der Waals surface area (Å²) in [5, 5.41) is 0. The fourth-order valence-corrected chi connectivity index (χ4v) is 4.95. The zero-order valence-electron chi connectivity index (χ0n) is 26.3. The van der Waals surface area contributed by atoms with Gasteiger partial charge < -0.3 is 9.47 Å². The van der Waals surface area contributed by atoms with E-state index >= 15 is 0 Å². The molecule has 0 fully saturated rings. The molecule has 0 bridgehead atoms. The van der Waals surface area contributed by atoms with E-state index in [0.717, 1.165) is 31.6 Å². The lowest BCUT2D eigenvalue weighted by molar-refractivity contribution is 0.0529. The number of carbonyl (C=O) groups is 1. The molecule has 0 aromatic carbocycles. The molecule has 0 aromatic rings. The van der Waals surface area contributed by atoms with Crippen LogP contribution in [-0.2, 0) is 9.47 Å². The van der Waals surface area contributed by atoms with Crippen molar-refractivity contribution in [2.45, 2.75) is 188 Å². The van der Waals surface area contributed by atoms with Crippen LogP contribution in [-0.4, -0.2) is 19.4 Å². The summed E-state index contributed by atoms with van der Waals surface area (Å²) in [5.41, 5.74) is 0. The van der Waals surface area contributed by atoms with E-state index < -0.39 is 6.16 Å². The maximum Gasteiger partial charge on any atom is 0.508 e. The van der Waals surface area contributed by atoms with Crippen LogP contribution in [0.1, 0.15) is 188 Å². The van der Waals surface area contributed by atoms with Crippen LogP contribution >= 0.6 is 0 Å². The predicted molar refractivity (Wildman–Crippen MR) is 167 cm³/mol. The maximum atomic E-state index is 11.7. The van der Waals surface area contributed by atoms with E-state index in [4.69, 9.17) is 9.47 Å². The normalized spacial score (nSPS) is 11.6. The van der Waals surface area contributed by atoms with Crippen LogP contribution in [0.25, 0.3) is 0 Å². The Balaban J connectivity index is 3.19. The van der Waals surface area contributed by atoms with E-state index in [-0.39, 0.29) is 0 Å². The van der Waals surface area contributed by atoms with Gasteiger partial charge in [0.2, 0.25) is 0 Å². The minimum Gasteiger partial charge on any atom is -0.434 e. The van der Waals surface area contributed by atoms with Gasteiger partial charge in [0.25, 0.3) is 0 Å². The van der Waals surface area contributed by atoms with Gasteiger partial charge in [0.05, 0.1) is 13.2 Å². The standard InChI is InChI=1S/C35H68O3/c1-4-5-6-7-8-9-10-11-12-13-14-17-20-23-26-29-32-37-35(36)38-33-30-27-24-21-18-15-16-19-22-25-28-31-34(2)3/h11-12,34H,4-10,13-33H2,1-3H3. The summed E-state index contributed by atoms with van der Waals surface area (Å²) in [6, 6.07) is 0. The van der Waals surface area contributed by atoms with Gasteiger partial charge in [-0.25, -0.2) is 4.79 Å². The first kappa shape index (κ1) is 37.0. The minimum atomic E-state index is -0.480. The first-order valence-electron chi connectivity index (χ1n) is 17.1. The van der Waals surface area contributed by atoms with Crippen LogP contribution in [0.15, 0.2) is 12.2 Å². The number of ether oxygens (including phenoxy) is 2. The van der Waals surface area contributed by atoms with E-state index in [2.05, 4.69) is 32.9 Å². The van der Waals surface area contributed by atoms with Crippen molar-refractivity contribution in [2.24, 2.45) is 5.92 Å². The zero-order valence-corrected chi connectivity index (χ0v) is 26.3. The smallest absolute Gasteiger partial charge is 0.434 e. The lowest BCUT2D eigenvalue weighted by Crippen LogP contribution is -2.09. The van der Waals surface area contributed by atoms with Crippen molar-refractivity contribution in [1.29, 1.82) is 0 Å². The van der Waals surface area contributed by atoms with Crippen LogP contribution in [0.5, 0.6) is 0 Å². The molecule has 0 aliphatic carbocycles. The Morgan fingerprint density at radius 1 is 0.500 bits per heavy atom.